The lowest BCUT2D eigenvalue weighted by atomic mass is 10.1. The molecular formula is C22H26N3O4P. The summed E-state index contributed by atoms with van der Waals surface area (Å²) in [6.45, 7) is 4.96. The molecule has 0 bridgehead atoms. The standard InChI is InChI=1S/C22H26N3O4P/c1-15-12-18(13-19(29-4)16(15)2)25-21(26)14-20(22(25)27)30(28)23(3)10-11-24(30)17-8-6-5-7-9-17/h5-9,12-13,20H,10-11,14H2,1-4H3. The first-order valence-electron chi connectivity index (χ1n) is 9.95. The number of carbonyl (C=O) groups is 2. The van der Waals surface area contributed by atoms with Gasteiger partial charge >= 0.3 is 0 Å². The lowest BCUT2D eigenvalue weighted by Crippen LogP contribution is -2.35. The number of ether oxygens (including phenoxy) is 1. The number of para-hydroxylation sites is 1. The predicted octanol–water partition coefficient (Wildman–Crippen LogP) is 3.59. The van der Waals surface area contributed by atoms with Crippen LogP contribution in [0.1, 0.15) is 17.5 Å². The van der Waals surface area contributed by atoms with Crippen molar-refractivity contribution in [2.24, 2.45) is 0 Å². The van der Waals surface area contributed by atoms with Crippen LogP contribution in [-0.2, 0) is 14.2 Å². The van der Waals surface area contributed by atoms with Gasteiger partial charge in [-0.2, -0.15) is 0 Å². The molecule has 2 unspecified atom stereocenters. The van der Waals surface area contributed by atoms with Crippen molar-refractivity contribution in [3.8, 4) is 5.75 Å². The van der Waals surface area contributed by atoms with Crippen LogP contribution in [0, 0.1) is 13.8 Å². The number of imide groups is 1. The van der Waals surface area contributed by atoms with Crippen molar-refractivity contribution < 1.29 is 18.9 Å². The maximum absolute atomic E-state index is 14.3. The summed E-state index contributed by atoms with van der Waals surface area (Å²) >= 11 is 0. The minimum Gasteiger partial charge on any atom is -0.496 e. The van der Waals surface area contributed by atoms with Gasteiger partial charge in [-0.05, 0) is 50.2 Å². The van der Waals surface area contributed by atoms with Crippen LogP contribution in [0.4, 0.5) is 11.4 Å². The highest BCUT2D eigenvalue weighted by Crippen LogP contribution is 2.63. The third kappa shape index (κ3) is 3.04. The molecule has 0 N–H and O–H groups in total. The molecule has 2 saturated heterocycles. The van der Waals surface area contributed by atoms with Crippen LogP contribution in [-0.4, -0.2) is 49.4 Å². The number of carbonyl (C=O) groups excluding carboxylic acids is 2. The minimum atomic E-state index is -3.31. The Balaban J connectivity index is 1.73. The number of nitrogens with zero attached hydrogens (tertiary/aromatic N) is 3. The fourth-order valence-corrected chi connectivity index (χ4v) is 7.51. The zero-order chi connectivity index (χ0) is 21.6. The molecule has 2 amide bonds. The molecule has 7 nitrogen and oxygen atoms in total. The van der Waals surface area contributed by atoms with Gasteiger partial charge in [0.1, 0.15) is 11.4 Å². The van der Waals surface area contributed by atoms with Gasteiger partial charge in [0, 0.05) is 31.3 Å². The van der Waals surface area contributed by atoms with E-state index in [0.717, 1.165) is 16.8 Å². The molecule has 8 heteroatoms. The zero-order valence-electron chi connectivity index (χ0n) is 17.7. The van der Waals surface area contributed by atoms with Gasteiger partial charge in [0.25, 0.3) is 7.44 Å². The van der Waals surface area contributed by atoms with E-state index >= 15 is 0 Å². The van der Waals surface area contributed by atoms with Crippen molar-refractivity contribution >= 4 is 30.6 Å². The van der Waals surface area contributed by atoms with E-state index in [1.807, 2.05) is 48.8 Å². The van der Waals surface area contributed by atoms with E-state index in [9.17, 15) is 14.2 Å². The number of rotatable bonds is 4. The van der Waals surface area contributed by atoms with Crippen molar-refractivity contribution in [3.05, 3.63) is 53.6 Å². The van der Waals surface area contributed by atoms with Crippen molar-refractivity contribution in [1.82, 2.24) is 4.67 Å². The topological polar surface area (TPSA) is 70.2 Å². The quantitative estimate of drug-likeness (QED) is 0.549. The molecule has 2 atom stereocenters. The summed E-state index contributed by atoms with van der Waals surface area (Å²) in [5, 5.41) is 0. The Hall–Kier alpha value is -2.63. The molecule has 2 aromatic carbocycles. The average molecular weight is 427 g/mol. The van der Waals surface area contributed by atoms with Crippen LogP contribution in [0.3, 0.4) is 0 Å². The Bertz CT molecular complexity index is 1060. The number of hydrogen-bond acceptors (Lipinski definition) is 4. The molecule has 0 radical (unpaired) electrons. The zero-order valence-corrected chi connectivity index (χ0v) is 18.6. The second kappa shape index (κ2) is 7.56. The lowest BCUT2D eigenvalue weighted by Gasteiger charge is -2.33. The number of benzene rings is 2. The molecule has 30 heavy (non-hydrogen) atoms. The fraction of sp³-hybridized carbons (Fsp3) is 0.364. The molecule has 2 aliphatic heterocycles. The van der Waals surface area contributed by atoms with Crippen LogP contribution in [0.2, 0.25) is 0 Å². The molecule has 2 heterocycles. The van der Waals surface area contributed by atoms with E-state index in [0.29, 0.717) is 24.5 Å². The van der Waals surface area contributed by atoms with E-state index in [-0.39, 0.29) is 12.3 Å². The minimum absolute atomic E-state index is 0.0704. The first kappa shape index (κ1) is 20.6. The third-order valence-corrected chi connectivity index (χ3v) is 9.65. The number of likely N-dealkylation sites (N-methyl/N-ethyl adjacent to an activating group) is 1. The number of anilines is 2. The smallest absolute Gasteiger partial charge is 0.252 e. The summed E-state index contributed by atoms with van der Waals surface area (Å²) in [6.07, 6.45) is -0.0704. The summed E-state index contributed by atoms with van der Waals surface area (Å²) in [5.41, 5.74) is 2.24. The van der Waals surface area contributed by atoms with Crippen molar-refractivity contribution in [3.63, 3.8) is 0 Å². The third-order valence-electron chi connectivity index (χ3n) is 6.14. The molecule has 0 aliphatic carbocycles. The monoisotopic (exact) mass is 427 g/mol. The normalized spacial score (nSPS) is 24.7. The van der Waals surface area contributed by atoms with Gasteiger partial charge in [-0.25, -0.2) is 9.57 Å². The average Bonchev–Trinajstić information content (AvgIpc) is 3.21. The van der Waals surface area contributed by atoms with E-state index < -0.39 is 19.0 Å². The van der Waals surface area contributed by atoms with Crippen LogP contribution in [0.5, 0.6) is 5.75 Å². The maximum Gasteiger partial charge on any atom is 0.252 e. The van der Waals surface area contributed by atoms with Gasteiger partial charge < -0.3 is 9.41 Å². The summed E-state index contributed by atoms with van der Waals surface area (Å²) in [4.78, 5) is 27.6. The molecule has 0 saturated carbocycles. The van der Waals surface area contributed by atoms with Gasteiger partial charge in [0.15, 0.2) is 0 Å². The van der Waals surface area contributed by atoms with Gasteiger partial charge in [0.05, 0.1) is 12.8 Å². The Labute approximate surface area is 176 Å². The number of aryl methyl sites for hydroxylation is 1. The largest absolute Gasteiger partial charge is 0.496 e. The molecule has 158 valence electrons. The highest BCUT2D eigenvalue weighted by atomic mass is 31.2. The van der Waals surface area contributed by atoms with Gasteiger partial charge in [0.2, 0.25) is 11.8 Å². The Kier molecular flexibility index (Phi) is 5.20. The molecular weight excluding hydrogens is 401 g/mol. The summed E-state index contributed by atoms with van der Waals surface area (Å²) < 4.78 is 23.3. The van der Waals surface area contributed by atoms with E-state index in [1.54, 1.807) is 31.0 Å². The SMILES string of the molecule is COc1cc(N2C(=O)CC(P3(=O)N(C)CCN3c3ccccc3)C2=O)cc(C)c1C. The number of methoxy groups -OCH3 is 1. The number of hydrogen-bond donors (Lipinski definition) is 0. The fourth-order valence-electron chi connectivity index (χ4n) is 4.31. The molecule has 2 fully saturated rings. The van der Waals surface area contributed by atoms with Crippen LogP contribution < -0.4 is 14.3 Å². The van der Waals surface area contributed by atoms with Gasteiger partial charge in [-0.3, -0.25) is 14.2 Å². The maximum atomic E-state index is 14.3. The van der Waals surface area contributed by atoms with Crippen molar-refractivity contribution in [2.75, 3.05) is 36.8 Å². The van der Waals surface area contributed by atoms with Crippen LogP contribution in [0.15, 0.2) is 42.5 Å². The lowest BCUT2D eigenvalue weighted by molar-refractivity contribution is -0.121. The first-order valence-corrected chi connectivity index (χ1v) is 11.6. The van der Waals surface area contributed by atoms with Crippen LogP contribution in [0.25, 0.3) is 0 Å². The van der Waals surface area contributed by atoms with E-state index in [1.165, 1.54) is 4.90 Å². The van der Waals surface area contributed by atoms with E-state index in [2.05, 4.69) is 0 Å². The van der Waals surface area contributed by atoms with Gasteiger partial charge in [-0.15, -0.1) is 0 Å². The molecule has 4 rings (SSSR count). The highest BCUT2D eigenvalue weighted by Gasteiger charge is 2.56. The van der Waals surface area contributed by atoms with Gasteiger partial charge in [-0.1, -0.05) is 18.2 Å². The molecule has 0 spiro atoms. The highest BCUT2D eigenvalue weighted by molar-refractivity contribution is 7.65. The Morgan fingerprint density at radius 2 is 1.73 bits per heavy atom. The second-order valence-electron chi connectivity index (χ2n) is 7.81. The summed E-state index contributed by atoms with van der Waals surface area (Å²) in [7, 11) is 0.0191. The van der Waals surface area contributed by atoms with Crippen molar-refractivity contribution in [1.29, 1.82) is 0 Å². The molecule has 0 aromatic heterocycles. The van der Waals surface area contributed by atoms with Crippen molar-refractivity contribution in [2.45, 2.75) is 25.9 Å². The Morgan fingerprint density at radius 1 is 1.03 bits per heavy atom. The van der Waals surface area contributed by atoms with E-state index in [4.69, 9.17) is 4.74 Å². The predicted molar refractivity (Wildman–Crippen MR) is 117 cm³/mol. The number of amides is 2. The first-order chi connectivity index (χ1) is 14.3. The van der Waals surface area contributed by atoms with Crippen LogP contribution >= 0.6 is 7.44 Å². The summed E-state index contributed by atoms with van der Waals surface area (Å²) in [5.74, 6) is -0.133. The molecule has 2 aromatic rings. The second-order valence-corrected chi connectivity index (χ2v) is 10.8. The summed E-state index contributed by atoms with van der Waals surface area (Å²) in [6, 6.07) is 12.9. The molecule has 2 aliphatic rings. The Morgan fingerprint density at radius 3 is 2.40 bits per heavy atom.